The van der Waals surface area contributed by atoms with Crippen LogP contribution in [0.5, 0.6) is 0 Å². The summed E-state index contributed by atoms with van der Waals surface area (Å²) in [5, 5.41) is 9.73. The lowest BCUT2D eigenvalue weighted by molar-refractivity contribution is -0.132. The minimum atomic E-state index is -0.906. The molecule has 3 aromatic rings. The molecule has 3 atom stereocenters. The molecule has 39 heavy (non-hydrogen) atoms. The molecule has 0 saturated carbocycles. The van der Waals surface area contributed by atoms with Gasteiger partial charge in [0, 0.05) is 30.1 Å². The van der Waals surface area contributed by atoms with Gasteiger partial charge in [-0.1, -0.05) is 76.2 Å². The molecule has 0 radical (unpaired) electrons. The Hall–Kier alpha value is -3.65. The molecule has 0 unspecified atom stereocenters. The Bertz CT molecular complexity index is 1220. The van der Waals surface area contributed by atoms with Gasteiger partial charge < -0.3 is 26.7 Å². The van der Waals surface area contributed by atoms with E-state index >= 15 is 0 Å². The summed E-state index contributed by atoms with van der Waals surface area (Å²) in [7, 11) is 0. The first-order chi connectivity index (χ1) is 18.6. The van der Waals surface area contributed by atoms with Gasteiger partial charge in [-0.15, -0.1) is 0 Å². The average molecular weight is 534 g/mol. The number of aromatic amines is 1. The van der Waals surface area contributed by atoms with E-state index in [4.69, 9.17) is 5.73 Å². The Morgan fingerprint density at radius 3 is 2.15 bits per heavy atom. The molecular formula is C31H43N5O3. The van der Waals surface area contributed by atoms with Crippen LogP contribution in [0.15, 0.2) is 60.8 Å². The zero-order valence-corrected chi connectivity index (χ0v) is 23.5. The van der Waals surface area contributed by atoms with Crippen LogP contribution in [0.2, 0.25) is 0 Å². The fourth-order valence-electron chi connectivity index (χ4n) is 4.55. The van der Waals surface area contributed by atoms with Gasteiger partial charge >= 0.3 is 0 Å². The smallest absolute Gasteiger partial charge is 0.243 e. The summed E-state index contributed by atoms with van der Waals surface area (Å²) >= 11 is 0. The molecule has 0 aliphatic carbocycles. The molecule has 6 N–H and O–H groups in total. The van der Waals surface area contributed by atoms with Crippen molar-refractivity contribution in [2.75, 3.05) is 6.54 Å². The summed E-state index contributed by atoms with van der Waals surface area (Å²) in [5.74, 6) is -0.395. The van der Waals surface area contributed by atoms with Crippen molar-refractivity contribution in [2.45, 2.75) is 71.5 Å². The molecule has 0 aliphatic heterocycles. The Balaban J connectivity index is 1.78. The Morgan fingerprint density at radius 1 is 0.795 bits per heavy atom. The summed E-state index contributed by atoms with van der Waals surface area (Å²) in [6.07, 6.45) is 3.80. The molecule has 3 amide bonds. The molecule has 8 heteroatoms. The number of benzene rings is 2. The van der Waals surface area contributed by atoms with E-state index in [0.717, 1.165) is 28.5 Å². The highest BCUT2D eigenvalue weighted by molar-refractivity contribution is 5.94. The van der Waals surface area contributed by atoms with Gasteiger partial charge in [-0.25, -0.2) is 0 Å². The van der Waals surface area contributed by atoms with E-state index in [1.807, 2.05) is 74.6 Å². The zero-order valence-electron chi connectivity index (χ0n) is 23.5. The summed E-state index contributed by atoms with van der Waals surface area (Å²) in [6, 6.07) is 14.9. The van der Waals surface area contributed by atoms with Crippen molar-refractivity contribution in [3.05, 3.63) is 71.9 Å². The van der Waals surface area contributed by atoms with Crippen LogP contribution in [-0.4, -0.2) is 47.4 Å². The van der Waals surface area contributed by atoms with Crippen molar-refractivity contribution in [1.29, 1.82) is 0 Å². The summed E-state index contributed by atoms with van der Waals surface area (Å²) < 4.78 is 0. The Labute approximate surface area is 231 Å². The van der Waals surface area contributed by atoms with Gasteiger partial charge in [0.1, 0.15) is 12.1 Å². The highest BCUT2D eigenvalue weighted by Crippen LogP contribution is 2.19. The molecule has 0 fully saturated rings. The van der Waals surface area contributed by atoms with E-state index in [1.165, 1.54) is 0 Å². The number of nitrogens with one attached hydrogen (secondary N) is 4. The quantitative estimate of drug-likeness (QED) is 0.217. The number of hydrogen-bond donors (Lipinski definition) is 5. The number of para-hydroxylation sites is 1. The zero-order chi connectivity index (χ0) is 28.4. The van der Waals surface area contributed by atoms with E-state index in [-0.39, 0.29) is 18.2 Å². The monoisotopic (exact) mass is 533 g/mol. The summed E-state index contributed by atoms with van der Waals surface area (Å²) in [6.45, 7) is 8.76. The first-order valence-corrected chi connectivity index (χ1v) is 13.9. The van der Waals surface area contributed by atoms with Crippen LogP contribution in [0.25, 0.3) is 10.9 Å². The van der Waals surface area contributed by atoms with Crippen LogP contribution in [0, 0.1) is 11.8 Å². The van der Waals surface area contributed by atoms with Gasteiger partial charge in [0.05, 0.1) is 6.04 Å². The SMILES string of the molecule is CC(C)CCNC(=O)[C@H](CC(C)C)NC(=O)[C@@H](Cc1c[nH]c2ccccc12)NC(=O)[C@@H](N)Cc1ccccc1. The van der Waals surface area contributed by atoms with E-state index in [1.54, 1.807) is 0 Å². The van der Waals surface area contributed by atoms with Crippen molar-refractivity contribution in [1.82, 2.24) is 20.9 Å². The predicted octanol–water partition coefficient (Wildman–Crippen LogP) is 3.46. The van der Waals surface area contributed by atoms with Crippen molar-refractivity contribution in [2.24, 2.45) is 17.6 Å². The topological polar surface area (TPSA) is 129 Å². The highest BCUT2D eigenvalue weighted by atomic mass is 16.2. The average Bonchev–Trinajstić information content (AvgIpc) is 3.30. The van der Waals surface area contributed by atoms with Crippen LogP contribution < -0.4 is 21.7 Å². The maximum Gasteiger partial charge on any atom is 0.243 e. The van der Waals surface area contributed by atoms with Crippen LogP contribution in [0.3, 0.4) is 0 Å². The lowest BCUT2D eigenvalue weighted by Crippen LogP contribution is -2.57. The molecule has 1 heterocycles. The Morgan fingerprint density at radius 2 is 1.46 bits per heavy atom. The van der Waals surface area contributed by atoms with E-state index in [0.29, 0.717) is 25.3 Å². The number of rotatable bonds is 14. The summed E-state index contributed by atoms with van der Waals surface area (Å²) in [4.78, 5) is 43.0. The number of nitrogens with two attached hydrogens (primary N) is 1. The Kier molecular flexibility index (Phi) is 11.1. The van der Waals surface area contributed by atoms with Gasteiger partial charge in [0.2, 0.25) is 17.7 Å². The highest BCUT2D eigenvalue weighted by Gasteiger charge is 2.29. The number of fused-ring (bicyclic) bond motifs is 1. The molecule has 0 aliphatic rings. The fraction of sp³-hybridized carbons (Fsp3) is 0.452. The molecule has 1 aromatic heterocycles. The van der Waals surface area contributed by atoms with Crippen molar-refractivity contribution in [3.63, 3.8) is 0 Å². The van der Waals surface area contributed by atoms with E-state index < -0.39 is 29.9 Å². The van der Waals surface area contributed by atoms with Gasteiger partial charge in [-0.05, 0) is 48.3 Å². The minimum absolute atomic E-state index is 0.187. The second kappa shape index (κ2) is 14.5. The third-order valence-corrected chi connectivity index (χ3v) is 6.73. The second-order valence-corrected chi connectivity index (χ2v) is 11.1. The summed E-state index contributed by atoms with van der Waals surface area (Å²) in [5.41, 5.74) is 9.02. The van der Waals surface area contributed by atoms with Gasteiger partial charge in [-0.2, -0.15) is 0 Å². The third-order valence-electron chi connectivity index (χ3n) is 6.73. The molecule has 0 spiro atoms. The molecule has 210 valence electrons. The van der Waals surface area contributed by atoms with Crippen LogP contribution in [0.1, 0.15) is 51.7 Å². The number of aromatic nitrogens is 1. The number of carbonyl (C=O) groups excluding carboxylic acids is 3. The van der Waals surface area contributed by atoms with Gasteiger partial charge in [-0.3, -0.25) is 14.4 Å². The number of amides is 3. The molecule has 8 nitrogen and oxygen atoms in total. The predicted molar refractivity (Wildman–Crippen MR) is 156 cm³/mol. The lowest BCUT2D eigenvalue weighted by atomic mass is 10.00. The number of carbonyl (C=O) groups is 3. The largest absolute Gasteiger partial charge is 0.361 e. The molecule has 0 bridgehead atoms. The number of hydrogen-bond acceptors (Lipinski definition) is 4. The lowest BCUT2D eigenvalue weighted by Gasteiger charge is -2.25. The molecule has 3 rings (SSSR count). The minimum Gasteiger partial charge on any atom is -0.361 e. The van der Waals surface area contributed by atoms with Crippen molar-refractivity contribution in [3.8, 4) is 0 Å². The van der Waals surface area contributed by atoms with Crippen molar-refractivity contribution >= 4 is 28.6 Å². The molecule has 2 aromatic carbocycles. The van der Waals surface area contributed by atoms with Crippen LogP contribution in [-0.2, 0) is 27.2 Å². The molecule has 0 saturated heterocycles. The third kappa shape index (κ3) is 9.25. The molecular weight excluding hydrogens is 490 g/mol. The van der Waals surface area contributed by atoms with E-state index in [2.05, 4.69) is 34.8 Å². The maximum absolute atomic E-state index is 13.6. The van der Waals surface area contributed by atoms with Gasteiger partial charge in [0.15, 0.2) is 0 Å². The van der Waals surface area contributed by atoms with Crippen LogP contribution in [0.4, 0.5) is 0 Å². The standard InChI is InChI=1S/C31H43N5O3/c1-20(2)14-15-33-30(38)27(16-21(3)4)36-31(39)28(18-23-19-34-26-13-9-8-12-24(23)26)35-29(37)25(32)17-22-10-6-5-7-11-22/h5-13,19-21,25,27-28,34H,14-18,32H2,1-4H3,(H,33,38)(H,35,37)(H,36,39)/t25-,27-,28+/m0/s1. The maximum atomic E-state index is 13.6. The normalized spacial score (nSPS) is 13.7. The van der Waals surface area contributed by atoms with Crippen molar-refractivity contribution < 1.29 is 14.4 Å². The first-order valence-electron chi connectivity index (χ1n) is 13.9. The van der Waals surface area contributed by atoms with Gasteiger partial charge in [0.25, 0.3) is 0 Å². The first kappa shape index (κ1) is 29.9. The van der Waals surface area contributed by atoms with E-state index in [9.17, 15) is 14.4 Å². The fourth-order valence-corrected chi connectivity index (χ4v) is 4.55. The number of H-pyrrole nitrogens is 1. The van der Waals surface area contributed by atoms with Crippen LogP contribution >= 0.6 is 0 Å². The second-order valence-electron chi connectivity index (χ2n) is 11.1.